The monoisotopic (exact) mass is 216 g/mol. The van der Waals surface area contributed by atoms with Crippen LogP contribution in [-0.4, -0.2) is 11.5 Å². The molecule has 0 aliphatic heterocycles. The van der Waals surface area contributed by atoms with Crippen molar-refractivity contribution >= 4 is 0 Å². The van der Waals surface area contributed by atoms with Crippen molar-refractivity contribution in [1.82, 2.24) is 10.3 Å². The number of pyridine rings is 1. The van der Waals surface area contributed by atoms with Gasteiger partial charge in [0.1, 0.15) is 0 Å². The zero-order valence-corrected chi connectivity index (χ0v) is 9.89. The number of nitrogens with one attached hydrogen (secondary N) is 1. The minimum Gasteiger partial charge on any atom is -0.310 e. The van der Waals surface area contributed by atoms with Crippen LogP contribution in [0.1, 0.15) is 37.8 Å². The van der Waals surface area contributed by atoms with Gasteiger partial charge in [-0.2, -0.15) is 0 Å². The van der Waals surface area contributed by atoms with Crippen LogP contribution in [0.2, 0.25) is 0 Å². The van der Waals surface area contributed by atoms with Crippen LogP contribution in [0.4, 0.5) is 0 Å². The largest absolute Gasteiger partial charge is 0.310 e. The molecule has 86 valence electrons. The molecule has 2 atom stereocenters. The lowest BCUT2D eigenvalue weighted by atomic mass is 9.94. The molecular formula is C14H20N2. The maximum atomic E-state index is 4.15. The molecule has 0 aromatic carbocycles. The molecule has 0 fully saturated rings. The summed E-state index contributed by atoms with van der Waals surface area (Å²) in [7, 11) is 0. The van der Waals surface area contributed by atoms with E-state index in [0.29, 0.717) is 6.04 Å². The summed E-state index contributed by atoms with van der Waals surface area (Å²) in [6.07, 6.45) is 12.2. The second-order valence-corrected chi connectivity index (χ2v) is 4.57. The molecule has 16 heavy (non-hydrogen) atoms. The van der Waals surface area contributed by atoms with Gasteiger partial charge in [0, 0.05) is 18.4 Å². The van der Waals surface area contributed by atoms with Gasteiger partial charge in [-0.3, -0.25) is 4.98 Å². The summed E-state index contributed by atoms with van der Waals surface area (Å²) in [5.74, 6) is 0.809. The average Bonchev–Trinajstić information content (AvgIpc) is 2.38. The molecule has 0 saturated heterocycles. The summed E-state index contributed by atoms with van der Waals surface area (Å²) in [6.45, 7) is 3.32. The maximum Gasteiger partial charge on any atom is 0.0315 e. The Morgan fingerprint density at radius 3 is 3.12 bits per heavy atom. The van der Waals surface area contributed by atoms with Gasteiger partial charge in [0.15, 0.2) is 0 Å². The van der Waals surface area contributed by atoms with E-state index in [9.17, 15) is 0 Å². The van der Waals surface area contributed by atoms with Gasteiger partial charge in [0.05, 0.1) is 0 Å². The standard InChI is InChI=1S/C14H20N2/c1-12(14-8-5-9-15-11-14)16-10-13-6-3-2-4-7-13/h2-3,5,8-9,11-13,16H,4,6-7,10H2,1H3. The molecule has 0 spiro atoms. The first-order valence-corrected chi connectivity index (χ1v) is 6.14. The summed E-state index contributed by atoms with van der Waals surface area (Å²) >= 11 is 0. The summed E-state index contributed by atoms with van der Waals surface area (Å²) in [6, 6.07) is 4.53. The Morgan fingerprint density at radius 1 is 1.50 bits per heavy atom. The van der Waals surface area contributed by atoms with Crippen LogP contribution >= 0.6 is 0 Å². The fourth-order valence-corrected chi connectivity index (χ4v) is 2.14. The second-order valence-electron chi connectivity index (χ2n) is 4.57. The van der Waals surface area contributed by atoms with Crippen molar-refractivity contribution in [2.45, 2.75) is 32.2 Å². The van der Waals surface area contributed by atoms with E-state index in [4.69, 9.17) is 0 Å². The highest BCUT2D eigenvalue weighted by molar-refractivity contribution is 5.12. The Hall–Kier alpha value is -1.15. The van der Waals surface area contributed by atoms with Gasteiger partial charge < -0.3 is 5.32 Å². The third kappa shape index (κ3) is 3.17. The molecule has 2 unspecified atom stereocenters. The zero-order valence-electron chi connectivity index (χ0n) is 9.89. The third-order valence-corrected chi connectivity index (χ3v) is 3.27. The summed E-state index contributed by atoms with van der Waals surface area (Å²) < 4.78 is 0. The van der Waals surface area contributed by atoms with E-state index in [2.05, 4.69) is 35.4 Å². The van der Waals surface area contributed by atoms with Crippen LogP contribution in [0.5, 0.6) is 0 Å². The van der Waals surface area contributed by atoms with Crippen molar-refractivity contribution in [2.75, 3.05) is 6.54 Å². The van der Waals surface area contributed by atoms with Gasteiger partial charge in [0.25, 0.3) is 0 Å². The summed E-state index contributed by atoms with van der Waals surface area (Å²) in [5, 5.41) is 3.59. The SMILES string of the molecule is CC(NCC1CC=CCC1)c1cccnc1. The zero-order chi connectivity index (χ0) is 11.2. The molecule has 1 aromatic heterocycles. The fourth-order valence-electron chi connectivity index (χ4n) is 2.14. The first kappa shape index (κ1) is 11.3. The number of aromatic nitrogens is 1. The van der Waals surface area contributed by atoms with Crippen LogP contribution in [0.25, 0.3) is 0 Å². The molecule has 0 bridgehead atoms. The molecule has 0 radical (unpaired) electrons. The molecular weight excluding hydrogens is 196 g/mol. The van der Waals surface area contributed by atoms with E-state index >= 15 is 0 Å². The molecule has 1 N–H and O–H groups in total. The number of hydrogen-bond acceptors (Lipinski definition) is 2. The number of allylic oxidation sites excluding steroid dienone is 2. The van der Waals surface area contributed by atoms with Crippen molar-refractivity contribution in [1.29, 1.82) is 0 Å². The lowest BCUT2D eigenvalue weighted by molar-refractivity contribution is 0.415. The number of hydrogen-bond donors (Lipinski definition) is 1. The Balaban J connectivity index is 1.79. The highest BCUT2D eigenvalue weighted by Gasteiger charge is 2.11. The lowest BCUT2D eigenvalue weighted by Gasteiger charge is -2.21. The number of nitrogens with zero attached hydrogens (tertiary/aromatic N) is 1. The molecule has 2 heteroatoms. The smallest absolute Gasteiger partial charge is 0.0315 e. The van der Waals surface area contributed by atoms with Crippen molar-refractivity contribution in [3.63, 3.8) is 0 Å². The molecule has 2 nitrogen and oxygen atoms in total. The quantitative estimate of drug-likeness (QED) is 0.782. The van der Waals surface area contributed by atoms with Gasteiger partial charge in [-0.25, -0.2) is 0 Å². The van der Waals surface area contributed by atoms with E-state index in [1.807, 2.05) is 18.5 Å². The highest BCUT2D eigenvalue weighted by atomic mass is 14.9. The Morgan fingerprint density at radius 2 is 2.44 bits per heavy atom. The molecule has 1 heterocycles. The topological polar surface area (TPSA) is 24.9 Å². The van der Waals surface area contributed by atoms with Crippen LogP contribution in [0, 0.1) is 5.92 Å². The third-order valence-electron chi connectivity index (χ3n) is 3.27. The van der Waals surface area contributed by atoms with E-state index < -0.39 is 0 Å². The fraction of sp³-hybridized carbons (Fsp3) is 0.500. The van der Waals surface area contributed by atoms with E-state index in [1.165, 1.54) is 24.8 Å². The minimum absolute atomic E-state index is 0.402. The maximum absolute atomic E-state index is 4.15. The summed E-state index contributed by atoms with van der Waals surface area (Å²) in [5.41, 5.74) is 1.27. The van der Waals surface area contributed by atoms with Crippen LogP contribution < -0.4 is 5.32 Å². The minimum atomic E-state index is 0.402. The predicted molar refractivity (Wildman–Crippen MR) is 67.1 cm³/mol. The highest BCUT2D eigenvalue weighted by Crippen LogP contribution is 2.18. The van der Waals surface area contributed by atoms with Crippen molar-refractivity contribution in [3.05, 3.63) is 42.2 Å². The molecule has 1 aromatic rings. The average molecular weight is 216 g/mol. The second kappa shape index (κ2) is 5.80. The lowest BCUT2D eigenvalue weighted by Crippen LogP contribution is -2.26. The molecule has 1 aliphatic rings. The Kier molecular flexibility index (Phi) is 4.11. The molecule has 0 saturated carbocycles. The Bertz CT molecular complexity index is 332. The first-order valence-electron chi connectivity index (χ1n) is 6.14. The van der Waals surface area contributed by atoms with Crippen molar-refractivity contribution in [3.8, 4) is 0 Å². The molecule has 1 aliphatic carbocycles. The Labute approximate surface area is 97.8 Å². The summed E-state index contributed by atoms with van der Waals surface area (Å²) in [4.78, 5) is 4.15. The van der Waals surface area contributed by atoms with E-state index in [0.717, 1.165) is 12.5 Å². The van der Waals surface area contributed by atoms with Gasteiger partial charge in [-0.15, -0.1) is 0 Å². The molecule has 2 rings (SSSR count). The normalized spacial score (nSPS) is 21.9. The van der Waals surface area contributed by atoms with Gasteiger partial charge in [-0.1, -0.05) is 18.2 Å². The molecule has 0 amide bonds. The van der Waals surface area contributed by atoms with Crippen LogP contribution in [-0.2, 0) is 0 Å². The number of rotatable bonds is 4. The van der Waals surface area contributed by atoms with Crippen LogP contribution in [0.3, 0.4) is 0 Å². The van der Waals surface area contributed by atoms with E-state index in [1.54, 1.807) is 0 Å². The van der Waals surface area contributed by atoms with Crippen LogP contribution in [0.15, 0.2) is 36.7 Å². The van der Waals surface area contributed by atoms with E-state index in [-0.39, 0.29) is 0 Å². The van der Waals surface area contributed by atoms with Gasteiger partial charge in [-0.05, 0) is 50.3 Å². The predicted octanol–water partition coefficient (Wildman–Crippen LogP) is 3.09. The van der Waals surface area contributed by atoms with Crippen molar-refractivity contribution < 1.29 is 0 Å². The van der Waals surface area contributed by atoms with Gasteiger partial charge in [0.2, 0.25) is 0 Å². The first-order chi connectivity index (χ1) is 7.86. The van der Waals surface area contributed by atoms with Gasteiger partial charge >= 0.3 is 0 Å². The van der Waals surface area contributed by atoms with Crippen molar-refractivity contribution in [2.24, 2.45) is 5.92 Å².